The summed E-state index contributed by atoms with van der Waals surface area (Å²) in [5, 5.41) is 40.5. The normalized spacial score (nSPS) is 28.7. The molecule has 2 aliphatic rings. The fourth-order valence-corrected chi connectivity index (χ4v) is 4.76. The van der Waals surface area contributed by atoms with E-state index in [4.69, 9.17) is 4.74 Å². The maximum Gasteiger partial charge on any atom is 1.00 e. The van der Waals surface area contributed by atoms with Gasteiger partial charge in [-0.1, -0.05) is 32.1 Å². The Morgan fingerprint density at radius 2 is 1.94 bits per heavy atom. The van der Waals surface area contributed by atoms with Crippen molar-refractivity contribution < 1.29 is 64.3 Å². The Morgan fingerprint density at radius 3 is 2.52 bits per heavy atom. The van der Waals surface area contributed by atoms with E-state index in [1.165, 1.54) is 0 Å². The summed E-state index contributed by atoms with van der Waals surface area (Å²) in [4.78, 5) is 23.5. The molecule has 0 bridgehead atoms. The molecule has 8 heteroatoms. The summed E-state index contributed by atoms with van der Waals surface area (Å²) >= 11 is 0. The van der Waals surface area contributed by atoms with Crippen molar-refractivity contribution in [2.75, 3.05) is 6.61 Å². The first-order valence-electron chi connectivity index (χ1n) is 11.8. The van der Waals surface area contributed by atoms with E-state index in [0.29, 0.717) is 25.7 Å². The first-order chi connectivity index (χ1) is 15.0. The molecule has 0 radical (unpaired) electrons. The van der Waals surface area contributed by atoms with Gasteiger partial charge in [-0.2, -0.15) is 0 Å². The Balaban J connectivity index is 0.00000544. The molecule has 0 spiro atoms. The van der Waals surface area contributed by atoms with E-state index < -0.39 is 30.0 Å². The van der Waals surface area contributed by atoms with Crippen molar-refractivity contribution in [3.63, 3.8) is 0 Å². The maximum absolute atomic E-state index is 12.9. The third-order valence-electron chi connectivity index (χ3n) is 7.19. The van der Waals surface area contributed by atoms with Gasteiger partial charge in [0.25, 0.3) is 0 Å². The van der Waals surface area contributed by atoms with Crippen LogP contribution in [0.15, 0.2) is 23.8 Å². The fraction of sp³-hybridized carbons (Fsp3) is 0.760. The fourth-order valence-electron chi connectivity index (χ4n) is 4.76. The van der Waals surface area contributed by atoms with Crippen LogP contribution in [0.1, 0.15) is 66.2 Å². The van der Waals surface area contributed by atoms with Gasteiger partial charge in [0.15, 0.2) is 0 Å². The van der Waals surface area contributed by atoms with Gasteiger partial charge in [-0.3, -0.25) is 4.79 Å². The average Bonchev–Trinajstić information content (AvgIpc) is 2.72. The molecule has 0 unspecified atom stereocenters. The molecule has 7 atom stereocenters. The number of allylic oxidation sites excluding steroid dienone is 2. The van der Waals surface area contributed by atoms with E-state index in [1.807, 2.05) is 20.8 Å². The molecule has 3 N–H and O–H groups in total. The van der Waals surface area contributed by atoms with Gasteiger partial charge in [0.2, 0.25) is 0 Å². The molecule has 0 aliphatic heterocycles. The van der Waals surface area contributed by atoms with Gasteiger partial charge in [0.05, 0.1) is 17.6 Å². The standard InChI is InChI=1S/C25H40O7.Na/c1-5-25(3,4)24(31)32-21-11-16(14-26)10-17-7-6-15(2)20(23(17)21)9-8-18(27)12-19(28)13-22(29)30;/h6-7,10,15-16,18-21,23,26-28H,5,8-9,11-14H2,1-4H3,(H,29,30);/q;+1/p-1/t15-,16-,18+,19+,20-,21-,23-;/m0./s1. The van der Waals surface area contributed by atoms with Gasteiger partial charge in [0.1, 0.15) is 6.10 Å². The van der Waals surface area contributed by atoms with Crippen molar-refractivity contribution in [2.45, 2.75) is 84.5 Å². The molecule has 0 heterocycles. The van der Waals surface area contributed by atoms with Crippen LogP contribution in [0.3, 0.4) is 0 Å². The number of esters is 1. The van der Waals surface area contributed by atoms with Crippen LogP contribution in [-0.4, -0.2) is 52.2 Å². The van der Waals surface area contributed by atoms with Crippen LogP contribution in [-0.2, 0) is 14.3 Å². The third kappa shape index (κ3) is 8.48. The van der Waals surface area contributed by atoms with Crippen LogP contribution in [0.5, 0.6) is 0 Å². The van der Waals surface area contributed by atoms with Crippen LogP contribution in [0.25, 0.3) is 0 Å². The number of rotatable bonds is 11. The number of fused-ring (bicyclic) bond motifs is 1. The summed E-state index contributed by atoms with van der Waals surface area (Å²) in [6, 6.07) is 0. The van der Waals surface area contributed by atoms with Crippen LogP contribution in [0, 0.1) is 29.1 Å². The Labute approximate surface area is 219 Å². The third-order valence-corrected chi connectivity index (χ3v) is 7.19. The number of carboxylic acid groups (broad SMARTS) is 1. The Kier molecular flexibility index (Phi) is 12.3. The smallest absolute Gasteiger partial charge is 0.550 e. The quantitative estimate of drug-likeness (QED) is 0.252. The summed E-state index contributed by atoms with van der Waals surface area (Å²) in [6.07, 6.45) is 5.65. The summed E-state index contributed by atoms with van der Waals surface area (Å²) in [7, 11) is 0. The average molecular weight is 475 g/mol. The van der Waals surface area contributed by atoms with E-state index in [1.54, 1.807) is 0 Å². The molecule has 0 amide bonds. The SMILES string of the molecule is CCC(C)(C)C(=O)O[C@H]1C[C@@H](CO)C=C2C=C[C@H](C)[C@H](CC[C@@H](O)C[C@@H](O)CC(=O)[O-])[C@H]21.[Na+]. The first-order valence-corrected chi connectivity index (χ1v) is 11.8. The van der Waals surface area contributed by atoms with E-state index in [9.17, 15) is 30.0 Å². The number of hydrogen-bond acceptors (Lipinski definition) is 7. The van der Waals surface area contributed by atoms with Gasteiger partial charge in [-0.15, -0.1) is 0 Å². The Morgan fingerprint density at radius 1 is 1.27 bits per heavy atom. The number of carboxylic acids is 1. The molecule has 0 fully saturated rings. The second-order valence-electron chi connectivity index (χ2n) is 10.1. The van der Waals surface area contributed by atoms with E-state index in [-0.39, 0.29) is 78.3 Å². The monoisotopic (exact) mass is 474 g/mol. The molecule has 0 saturated carbocycles. The van der Waals surface area contributed by atoms with E-state index in [0.717, 1.165) is 5.57 Å². The van der Waals surface area contributed by atoms with Crippen LogP contribution in [0.2, 0.25) is 0 Å². The van der Waals surface area contributed by atoms with Gasteiger partial charge in [-0.25, -0.2) is 0 Å². The summed E-state index contributed by atoms with van der Waals surface area (Å²) in [5.41, 5.74) is 0.462. The first kappa shape index (κ1) is 30.3. The van der Waals surface area contributed by atoms with Gasteiger partial charge in [0, 0.05) is 30.8 Å². The van der Waals surface area contributed by atoms with Crippen molar-refractivity contribution in [1.82, 2.24) is 0 Å². The topological polar surface area (TPSA) is 127 Å². The number of aliphatic carboxylic acids is 1. The minimum absolute atomic E-state index is 0. The predicted molar refractivity (Wildman–Crippen MR) is 118 cm³/mol. The van der Waals surface area contributed by atoms with Gasteiger partial charge in [-0.05, 0) is 63.4 Å². The second kappa shape index (κ2) is 13.4. The Bertz CT molecular complexity index is 718. The molecule has 2 aliphatic carbocycles. The number of carbonyl (C=O) groups excluding carboxylic acids is 2. The molecule has 0 aromatic carbocycles. The second-order valence-corrected chi connectivity index (χ2v) is 10.1. The van der Waals surface area contributed by atoms with Crippen molar-refractivity contribution in [1.29, 1.82) is 0 Å². The minimum Gasteiger partial charge on any atom is -0.550 e. The zero-order chi connectivity index (χ0) is 24.1. The number of aliphatic hydroxyl groups excluding tert-OH is 3. The van der Waals surface area contributed by atoms with Crippen molar-refractivity contribution in [2.24, 2.45) is 29.1 Å². The molecular weight excluding hydrogens is 435 g/mol. The number of hydrogen-bond donors (Lipinski definition) is 3. The summed E-state index contributed by atoms with van der Waals surface area (Å²) < 4.78 is 6.04. The predicted octanol–water partition coefficient (Wildman–Crippen LogP) is -1.25. The molecular formula is C25H39NaO7. The van der Waals surface area contributed by atoms with Gasteiger partial charge < -0.3 is 30.0 Å². The van der Waals surface area contributed by atoms with E-state index >= 15 is 0 Å². The molecule has 7 nitrogen and oxygen atoms in total. The summed E-state index contributed by atoms with van der Waals surface area (Å²) in [5.74, 6) is -1.38. The minimum atomic E-state index is -1.34. The number of carbonyl (C=O) groups is 2. The van der Waals surface area contributed by atoms with Crippen molar-refractivity contribution >= 4 is 11.9 Å². The summed E-state index contributed by atoms with van der Waals surface area (Å²) in [6.45, 7) is 7.78. The molecule has 0 aromatic heterocycles. The zero-order valence-electron chi connectivity index (χ0n) is 20.7. The van der Waals surface area contributed by atoms with E-state index in [2.05, 4.69) is 25.2 Å². The van der Waals surface area contributed by atoms with Gasteiger partial charge >= 0.3 is 35.5 Å². The number of ether oxygens (including phenoxy) is 1. The van der Waals surface area contributed by atoms with Crippen LogP contribution >= 0.6 is 0 Å². The Hall–Kier alpha value is -0.700. The van der Waals surface area contributed by atoms with Crippen LogP contribution in [0.4, 0.5) is 0 Å². The zero-order valence-corrected chi connectivity index (χ0v) is 22.7. The molecule has 2 rings (SSSR count). The van der Waals surface area contributed by atoms with Crippen molar-refractivity contribution in [3.8, 4) is 0 Å². The molecule has 33 heavy (non-hydrogen) atoms. The number of aliphatic hydroxyl groups is 3. The maximum atomic E-state index is 12.9. The molecule has 0 saturated heterocycles. The largest absolute Gasteiger partial charge is 1.00 e. The van der Waals surface area contributed by atoms with Crippen LogP contribution < -0.4 is 34.7 Å². The van der Waals surface area contributed by atoms with Crippen molar-refractivity contribution in [3.05, 3.63) is 23.8 Å². The molecule has 182 valence electrons. The molecule has 0 aromatic rings.